The van der Waals surface area contributed by atoms with Crippen LogP contribution in [0.25, 0.3) is 0 Å². The summed E-state index contributed by atoms with van der Waals surface area (Å²) in [5.74, 6) is 0. The summed E-state index contributed by atoms with van der Waals surface area (Å²) in [7, 11) is -3.25. The third-order valence-electron chi connectivity index (χ3n) is 3.06. The van der Waals surface area contributed by atoms with Crippen LogP contribution in [0.4, 0.5) is 0 Å². The van der Waals surface area contributed by atoms with Gasteiger partial charge in [0, 0.05) is 5.99 Å². The molecule has 206 valence electrons. The van der Waals surface area contributed by atoms with Crippen molar-refractivity contribution < 1.29 is 19.6 Å². The minimum Gasteiger partial charge on any atom is -0.358 e. The molecule has 0 fully saturated rings. The molecule has 0 saturated heterocycles. The van der Waals surface area contributed by atoms with E-state index < -0.39 is 16.1 Å². The molecule has 0 aliphatic heterocycles. The number of hydrogen-bond donors (Lipinski definition) is 0. The van der Waals surface area contributed by atoms with Crippen molar-refractivity contribution in [3.05, 3.63) is 104 Å². The van der Waals surface area contributed by atoms with Crippen molar-refractivity contribution in [3.63, 3.8) is 0 Å². The normalized spacial score (nSPS) is 7.46. The topological polar surface area (TPSA) is 52.6 Å². The smallest absolute Gasteiger partial charge is 0.358 e. The molecule has 0 N–H and O–H groups in total. The molecule has 0 bridgehead atoms. The zero-order valence-corrected chi connectivity index (χ0v) is 27.0. The Labute approximate surface area is 249 Å². The van der Waals surface area contributed by atoms with Crippen molar-refractivity contribution in [1.82, 2.24) is 0 Å². The first-order valence-corrected chi connectivity index (χ1v) is 14.3. The average molecular weight is 564 g/mol. The van der Waals surface area contributed by atoms with Gasteiger partial charge in [0.15, 0.2) is 10.6 Å². The van der Waals surface area contributed by atoms with Crippen molar-refractivity contribution in [2.75, 3.05) is 13.2 Å². The molecule has 0 aliphatic rings. The quantitative estimate of drug-likeness (QED) is 0.170. The first kappa shape index (κ1) is 48.6. The summed E-state index contributed by atoms with van der Waals surface area (Å²) in [5.41, 5.74) is 0. The molecule has 0 aromatic heterocycles. The van der Waals surface area contributed by atoms with Gasteiger partial charge in [-0.15, -0.1) is 9.05 Å². The predicted octanol–water partition coefficient (Wildman–Crippen LogP) is 9.70. The maximum absolute atomic E-state index is 12.0. The summed E-state index contributed by atoms with van der Waals surface area (Å²) >= 11 is 0. The van der Waals surface area contributed by atoms with Crippen molar-refractivity contribution in [3.8, 4) is 0 Å². The van der Waals surface area contributed by atoms with Crippen LogP contribution in [0.2, 0.25) is 0 Å². The Morgan fingerprint density at radius 1 is 0.649 bits per heavy atom. The molecular formula is C30H52MgO4P2+2. The molecule has 4 nitrogen and oxygen atoms in total. The minimum atomic E-state index is -1.83. The SMILES string of the molecule is C.CC.CC.CC.CCO[P+](=O)OCC.O=[P+](c1ccccc1)c1ccccc1.[2HH].[CH3-].[Mg+2].[c-]1ccccc1. The van der Waals surface area contributed by atoms with E-state index in [0.29, 0.717) is 13.2 Å². The molecule has 3 aromatic carbocycles. The Morgan fingerprint density at radius 3 is 1.16 bits per heavy atom. The van der Waals surface area contributed by atoms with Crippen LogP contribution in [0.5, 0.6) is 0 Å². The molecule has 7 heteroatoms. The Kier molecular flexibility index (Phi) is 54.7. The maximum atomic E-state index is 12.0. The monoisotopic (exact) mass is 563 g/mol. The van der Waals surface area contributed by atoms with E-state index in [1.54, 1.807) is 13.8 Å². The molecule has 3 rings (SSSR count). The van der Waals surface area contributed by atoms with E-state index in [0.717, 1.165) is 10.6 Å². The fourth-order valence-corrected chi connectivity index (χ4v) is 3.55. The van der Waals surface area contributed by atoms with Crippen molar-refractivity contribution >= 4 is 49.7 Å². The average Bonchev–Trinajstić information content (AvgIpc) is 2.95. The van der Waals surface area contributed by atoms with Crippen LogP contribution in [0.1, 0.15) is 64.2 Å². The summed E-state index contributed by atoms with van der Waals surface area (Å²) < 4.78 is 31.5. The van der Waals surface area contributed by atoms with Gasteiger partial charge in [-0.3, -0.25) is 0 Å². The molecule has 0 saturated carbocycles. The molecular weight excluding hydrogens is 511 g/mol. The second-order valence-electron chi connectivity index (χ2n) is 5.10. The van der Waals surface area contributed by atoms with Gasteiger partial charge < -0.3 is 7.43 Å². The van der Waals surface area contributed by atoms with E-state index in [9.17, 15) is 9.13 Å². The second-order valence-corrected chi connectivity index (χ2v) is 7.69. The third-order valence-corrected chi connectivity index (χ3v) is 5.53. The Balaban J connectivity index is -0.0000000700. The van der Waals surface area contributed by atoms with E-state index in [-0.39, 0.29) is 39.3 Å². The van der Waals surface area contributed by atoms with Crippen LogP contribution in [0.15, 0.2) is 91.0 Å². The molecule has 3 aromatic rings. The largest absolute Gasteiger partial charge is 2.00 e. The summed E-state index contributed by atoms with van der Waals surface area (Å²) in [5, 5.41) is 1.77. The van der Waals surface area contributed by atoms with Crippen molar-refractivity contribution in [2.45, 2.75) is 62.8 Å². The van der Waals surface area contributed by atoms with Crippen LogP contribution in [-0.4, -0.2) is 36.3 Å². The van der Waals surface area contributed by atoms with E-state index in [1.807, 2.05) is 133 Å². The third kappa shape index (κ3) is 30.7. The van der Waals surface area contributed by atoms with Crippen LogP contribution in [-0.2, 0) is 18.2 Å². The molecule has 0 unspecified atom stereocenters. The van der Waals surface area contributed by atoms with Gasteiger partial charge in [0.1, 0.15) is 13.2 Å². The fraction of sp³-hybridized carbons (Fsp3) is 0.367. The molecule has 37 heavy (non-hydrogen) atoms. The predicted molar refractivity (Wildman–Crippen MR) is 171 cm³/mol. The van der Waals surface area contributed by atoms with Gasteiger partial charge in [0.05, 0.1) is 0 Å². The second kappa shape index (κ2) is 41.7. The molecule has 0 amide bonds. The van der Waals surface area contributed by atoms with E-state index >= 15 is 0 Å². The molecule has 0 spiro atoms. The molecule has 0 radical (unpaired) electrons. The van der Waals surface area contributed by atoms with E-state index in [2.05, 4.69) is 15.1 Å². The minimum absolute atomic E-state index is 0. The van der Waals surface area contributed by atoms with Crippen LogP contribution in [0, 0.1) is 13.5 Å². The van der Waals surface area contributed by atoms with E-state index in [4.69, 9.17) is 0 Å². The number of benzene rings is 3. The van der Waals surface area contributed by atoms with E-state index in [1.165, 1.54) is 0 Å². The maximum Gasteiger partial charge on any atom is 2.00 e. The van der Waals surface area contributed by atoms with Crippen molar-refractivity contribution in [2.24, 2.45) is 0 Å². The van der Waals surface area contributed by atoms with Gasteiger partial charge in [-0.05, 0) is 38.1 Å². The summed E-state index contributed by atoms with van der Waals surface area (Å²) in [4.78, 5) is 0. The van der Waals surface area contributed by atoms with Gasteiger partial charge >= 0.3 is 39.1 Å². The Bertz CT molecular complexity index is 721. The summed E-state index contributed by atoms with van der Waals surface area (Å²) in [6.45, 7) is 16.4. The van der Waals surface area contributed by atoms with Crippen LogP contribution < -0.4 is 10.6 Å². The first-order valence-electron chi connectivity index (χ1n) is 11.9. The van der Waals surface area contributed by atoms with Crippen LogP contribution in [0.3, 0.4) is 0 Å². The first-order chi connectivity index (χ1) is 16.7. The molecule has 0 heterocycles. The Hall–Kier alpha value is -1.45. The molecule has 0 atom stereocenters. The Morgan fingerprint density at radius 2 is 0.946 bits per heavy atom. The van der Waals surface area contributed by atoms with Crippen molar-refractivity contribution in [1.29, 1.82) is 0 Å². The number of rotatable bonds is 6. The zero-order chi connectivity index (χ0) is 26.5. The van der Waals surface area contributed by atoms with Gasteiger partial charge in [0.2, 0.25) is 0 Å². The van der Waals surface area contributed by atoms with Gasteiger partial charge in [-0.1, -0.05) is 89.9 Å². The number of hydrogen-bond acceptors (Lipinski definition) is 4. The fourth-order valence-electron chi connectivity index (χ4n) is 1.87. The summed E-state index contributed by atoms with van der Waals surface area (Å²) in [6, 6.07) is 31.6. The summed E-state index contributed by atoms with van der Waals surface area (Å²) in [6.07, 6.45) is 0. The zero-order valence-electron chi connectivity index (χ0n) is 23.8. The van der Waals surface area contributed by atoms with Gasteiger partial charge in [-0.25, -0.2) is 0 Å². The molecule has 0 aliphatic carbocycles. The van der Waals surface area contributed by atoms with Gasteiger partial charge in [0.25, 0.3) is 0 Å². The van der Waals surface area contributed by atoms with Gasteiger partial charge in [-0.2, -0.15) is 36.4 Å². The standard InChI is InChI=1S/C12H10OP.C6H5.C4H10O3P.3C2H6.CH4.CH3.Mg.H2/c13-14(11-7-3-1-4-8-11)12-9-5-2-6-10-12;1-2-4-6-5-3-1;1-3-6-8(5)7-4-2;3*1-2;;;;/h1-10H;1-5H;3-4H2,1-2H3;3*1-2H3;1H4;1H3;;1H/q+1;-1;+1;;;;;-1;+2;/i;;;;;;;;;1+1. The van der Waals surface area contributed by atoms with Crippen LogP contribution >= 0.6 is 16.1 Å².